The van der Waals surface area contributed by atoms with E-state index in [1.807, 2.05) is 43.3 Å². The molecule has 0 fully saturated rings. The maximum atomic E-state index is 12.5. The van der Waals surface area contributed by atoms with Gasteiger partial charge in [0, 0.05) is 37.2 Å². The number of benzene rings is 2. The Morgan fingerprint density at radius 1 is 0.931 bits per heavy atom. The Hall–Kier alpha value is -3.94. The van der Waals surface area contributed by atoms with Crippen molar-refractivity contribution in [1.82, 2.24) is 9.97 Å². The Labute approximate surface area is 168 Å². The number of ether oxygens (including phenoxy) is 1. The van der Waals surface area contributed by atoms with Crippen molar-refractivity contribution in [3.05, 3.63) is 72.2 Å². The van der Waals surface area contributed by atoms with Crippen molar-refractivity contribution in [1.29, 1.82) is 0 Å². The molecule has 0 bridgehead atoms. The summed E-state index contributed by atoms with van der Waals surface area (Å²) >= 11 is 0. The number of hydrogen-bond acceptors (Lipinski definition) is 7. The van der Waals surface area contributed by atoms with Crippen molar-refractivity contribution < 1.29 is 14.3 Å². The fourth-order valence-electron chi connectivity index (χ4n) is 2.54. The Kier molecular flexibility index (Phi) is 6.03. The van der Waals surface area contributed by atoms with E-state index in [4.69, 9.17) is 0 Å². The minimum Gasteiger partial charge on any atom is -0.465 e. The molecule has 29 heavy (non-hydrogen) atoms. The van der Waals surface area contributed by atoms with E-state index >= 15 is 0 Å². The first-order valence-corrected chi connectivity index (χ1v) is 8.82. The highest BCUT2D eigenvalue weighted by Crippen LogP contribution is 2.19. The first-order valence-electron chi connectivity index (χ1n) is 8.82. The molecule has 1 heterocycles. The quantitative estimate of drug-likeness (QED) is 0.622. The van der Waals surface area contributed by atoms with Crippen LogP contribution in [0.1, 0.15) is 20.8 Å². The summed E-state index contributed by atoms with van der Waals surface area (Å²) in [6, 6.07) is 15.8. The summed E-state index contributed by atoms with van der Waals surface area (Å²) in [6.07, 6.45) is 1.33. The molecule has 3 rings (SSSR count). The summed E-state index contributed by atoms with van der Waals surface area (Å²) in [6.45, 7) is 0. The number of nitrogens with zero attached hydrogens (tertiary/aromatic N) is 3. The predicted octanol–water partition coefficient (Wildman–Crippen LogP) is 3.33. The second kappa shape index (κ2) is 8.83. The maximum absolute atomic E-state index is 12.5. The minimum atomic E-state index is -0.437. The average Bonchev–Trinajstić information content (AvgIpc) is 2.74. The van der Waals surface area contributed by atoms with Crippen LogP contribution < -0.4 is 15.5 Å². The fraction of sp³-hybridized carbons (Fsp3) is 0.143. The number of esters is 1. The summed E-state index contributed by atoms with van der Waals surface area (Å²) in [4.78, 5) is 34.2. The average molecular weight is 391 g/mol. The SMILES string of the molecule is COC(=O)c1ccc(NC(=O)c2cc(Nc3ccc(N(C)C)cc3)ncn2)cc1. The number of anilines is 4. The lowest BCUT2D eigenvalue weighted by Crippen LogP contribution is -2.14. The van der Waals surface area contributed by atoms with E-state index in [2.05, 4.69) is 25.3 Å². The second-order valence-corrected chi connectivity index (χ2v) is 6.38. The second-order valence-electron chi connectivity index (χ2n) is 6.38. The van der Waals surface area contributed by atoms with Crippen LogP contribution in [0.3, 0.4) is 0 Å². The molecule has 3 aromatic rings. The zero-order valence-electron chi connectivity index (χ0n) is 16.3. The van der Waals surface area contributed by atoms with E-state index in [-0.39, 0.29) is 11.6 Å². The van der Waals surface area contributed by atoms with E-state index in [0.29, 0.717) is 17.1 Å². The standard InChI is InChI=1S/C21H21N5O3/c1-26(2)17-10-8-15(9-11-17)24-19-12-18(22-13-23-19)20(27)25-16-6-4-14(5-7-16)21(28)29-3/h4-13H,1-3H3,(H,25,27)(H,22,23,24). The summed E-state index contributed by atoms with van der Waals surface area (Å²) in [5.74, 6) is -0.318. The number of nitrogens with one attached hydrogen (secondary N) is 2. The number of amides is 1. The molecule has 8 heteroatoms. The Bertz CT molecular complexity index is 1000. The molecule has 2 aromatic carbocycles. The number of rotatable bonds is 6. The third kappa shape index (κ3) is 5.07. The summed E-state index contributed by atoms with van der Waals surface area (Å²) in [5, 5.41) is 5.89. The van der Waals surface area contributed by atoms with E-state index in [1.165, 1.54) is 13.4 Å². The molecule has 0 aliphatic rings. The number of carbonyl (C=O) groups is 2. The van der Waals surface area contributed by atoms with Gasteiger partial charge in [0.05, 0.1) is 12.7 Å². The van der Waals surface area contributed by atoms with Gasteiger partial charge in [-0.25, -0.2) is 14.8 Å². The van der Waals surface area contributed by atoms with E-state index in [9.17, 15) is 9.59 Å². The van der Waals surface area contributed by atoms with Gasteiger partial charge in [0.2, 0.25) is 0 Å². The van der Waals surface area contributed by atoms with Gasteiger partial charge in [-0.1, -0.05) is 0 Å². The molecule has 0 saturated carbocycles. The minimum absolute atomic E-state index is 0.212. The van der Waals surface area contributed by atoms with Crippen LogP contribution in [0.2, 0.25) is 0 Å². The van der Waals surface area contributed by atoms with Gasteiger partial charge in [-0.2, -0.15) is 0 Å². The first kappa shape index (κ1) is 19.8. The molecular weight excluding hydrogens is 370 g/mol. The van der Waals surface area contributed by atoms with Crippen molar-refractivity contribution in [2.75, 3.05) is 36.7 Å². The van der Waals surface area contributed by atoms with Crippen molar-refractivity contribution >= 4 is 34.8 Å². The van der Waals surface area contributed by atoms with Gasteiger partial charge < -0.3 is 20.3 Å². The summed E-state index contributed by atoms with van der Waals surface area (Å²) in [7, 11) is 5.26. The van der Waals surface area contributed by atoms with Crippen LogP contribution in [0.4, 0.5) is 22.9 Å². The van der Waals surface area contributed by atoms with Crippen LogP contribution in [0, 0.1) is 0 Å². The predicted molar refractivity (Wildman–Crippen MR) is 112 cm³/mol. The van der Waals surface area contributed by atoms with Gasteiger partial charge >= 0.3 is 5.97 Å². The van der Waals surface area contributed by atoms with Crippen molar-refractivity contribution in [3.8, 4) is 0 Å². The molecule has 0 aliphatic carbocycles. The zero-order chi connectivity index (χ0) is 20.8. The molecule has 0 spiro atoms. The largest absolute Gasteiger partial charge is 0.465 e. The molecule has 0 atom stereocenters. The smallest absolute Gasteiger partial charge is 0.337 e. The van der Waals surface area contributed by atoms with Gasteiger partial charge in [-0.15, -0.1) is 0 Å². The van der Waals surface area contributed by atoms with Gasteiger partial charge in [0.25, 0.3) is 5.91 Å². The highest BCUT2D eigenvalue weighted by atomic mass is 16.5. The number of carbonyl (C=O) groups excluding carboxylic acids is 2. The Morgan fingerprint density at radius 2 is 1.59 bits per heavy atom. The number of hydrogen-bond donors (Lipinski definition) is 2. The van der Waals surface area contributed by atoms with Crippen LogP contribution in [-0.4, -0.2) is 43.0 Å². The normalized spacial score (nSPS) is 10.2. The van der Waals surface area contributed by atoms with Crippen LogP contribution in [0.15, 0.2) is 60.9 Å². The van der Waals surface area contributed by atoms with Gasteiger partial charge in [0.15, 0.2) is 0 Å². The summed E-state index contributed by atoms with van der Waals surface area (Å²) in [5.41, 5.74) is 3.08. The molecule has 148 valence electrons. The van der Waals surface area contributed by atoms with Gasteiger partial charge in [0.1, 0.15) is 17.8 Å². The van der Waals surface area contributed by atoms with Gasteiger partial charge in [-0.05, 0) is 48.5 Å². The lowest BCUT2D eigenvalue weighted by Gasteiger charge is -2.13. The van der Waals surface area contributed by atoms with Gasteiger partial charge in [-0.3, -0.25) is 4.79 Å². The molecule has 0 aliphatic heterocycles. The molecular formula is C21H21N5O3. The molecule has 0 radical (unpaired) electrons. The van der Waals surface area contributed by atoms with E-state index in [1.54, 1.807) is 30.3 Å². The van der Waals surface area contributed by atoms with Crippen LogP contribution in [0.5, 0.6) is 0 Å². The topological polar surface area (TPSA) is 96.4 Å². The van der Waals surface area contributed by atoms with Crippen LogP contribution in [0.25, 0.3) is 0 Å². The van der Waals surface area contributed by atoms with Crippen LogP contribution >= 0.6 is 0 Å². The third-order valence-corrected chi connectivity index (χ3v) is 4.12. The van der Waals surface area contributed by atoms with Crippen LogP contribution in [-0.2, 0) is 4.74 Å². The molecule has 0 unspecified atom stereocenters. The Morgan fingerprint density at radius 3 is 2.21 bits per heavy atom. The lowest BCUT2D eigenvalue weighted by atomic mass is 10.2. The highest BCUT2D eigenvalue weighted by Gasteiger charge is 2.11. The summed E-state index contributed by atoms with van der Waals surface area (Å²) < 4.78 is 4.65. The molecule has 1 aromatic heterocycles. The number of aromatic nitrogens is 2. The molecule has 1 amide bonds. The third-order valence-electron chi connectivity index (χ3n) is 4.12. The monoisotopic (exact) mass is 391 g/mol. The molecule has 0 saturated heterocycles. The molecule has 2 N–H and O–H groups in total. The van der Waals surface area contributed by atoms with E-state index in [0.717, 1.165) is 11.4 Å². The Balaban J connectivity index is 1.68. The maximum Gasteiger partial charge on any atom is 0.337 e. The lowest BCUT2D eigenvalue weighted by molar-refractivity contribution is 0.0600. The highest BCUT2D eigenvalue weighted by molar-refractivity contribution is 6.03. The first-order chi connectivity index (χ1) is 14.0. The fourth-order valence-corrected chi connectivity index (χ4v) is 2.54. The van der Waals surface area contributed by atoms with Crippen molar-refractivity contribution in [3.63, 3.8) is 0 Å². The molecule has 8 nitrogen and oxygen atoms in total. The van der Waals surface area contributed by atoms with E-state index < -0.39 is 5.97 Å². The zero-order valence-corrected chi connectivity index (χ0v) is 16.3. The van der Waals surface area contributed by atoms with Crippen molar-refractivity contribution in [2.24, 2.45) is 0 Å². The number of methoxy groups -OCH3 is 1. The van der Waals surface area contributed by atoms with Crippen molar-refractivity contribution in [2.45, 2.75) is 0 Å².